The SMILES string of the molecule is Cc1c(COc2ccc(CBr)cc2F)cccc1[N+](=O)[O-]. The average molecular weight is 354 g/mol. The Kier molecular flexibility index (Phi) is 4.90. The molecule has 0 bridgehead atoms. The van der Waals surface area contributed by atoms with Crippen LogP contribution in [0.15, 0.2) is 36.4 Å². The van der Waals surface area contributed by atoms with Crippen LogP contribution in [-0.2, 0) is 11.9 Å². The third-order valence-electron chi connectivity index (χ3n) is 3.15. The Morgan fingerprint density at radius 2 is 2.10 bits per heavy atom. The predicted octanol–water partition coefficient (Wildman–Crippen LogP) is 4.52. The highest BCUT2D eigenvalue weighted by atomic mass is 79.9. The van der Waals surface area contributed by atoms with Crippen molar-refractivity contribution in [2.24, 2.45) is 0 Å². The van der Waals surface area contributed by atoms with E-state index in [2.05, 4.69) is 15.9 Å². The van der Waals surface area contributed by atoms with Gasteiger partial charge in [0.1, 0.15) is 6.61 Å². The fraction of sp³-hybridized carbons (Fsp3) is 0.200. The Morgan fingerprint density at radius 3 is 2.71 bits per heavy atom. The third kappa shape index (κ3) is 3.58. The van der Waals surface area contributed by atoms with Gasteiger partial charge in [-0.15, -0.1) is 0 Å². The first-order chi connectivity index (χ1) is 10.0. The number of hydrogen-bond acceptors (Lipinski definition) is 3. The molecule has 0 heterocycles. The van der Waals surface area contributed by atoms with E-state index in [-0.39, 0.29) is 18.0 Å². The number of benzene rings is 2. The van der Waals surface area contributed by atoms with Crippen molar-refractivity contribution >= 4 is 21.6 Å². The van der Waals surface area contributed by atoms with Gasteiger partial charge in [-0.05, 0) is 30.2 Å². The second-order valence-corrected chi connectivity index (χ2v) is 5.07. The van der Waals surface area contributed by atoms with E-state index in [9.17, 15) is 14.5 Å². The molecule has 0 atom stereocenters. The first kappa shape index (κ1) is 15.4. The summed E-state index contributed by atoms with van der Waals surface area (Å²) < 4.78 is 19.2. The zero-order valence-corrected chi connectivity index (χ0v) is 12.9. The standard InChI is InChI=1S/C15H13BrFNO3/c1-10-12(3-2-4-14(10)18(19)20)9-21-15-6-5-11(8-16)7-13(15)17/h2-7H,8-9H2,1H3. The molecular weight excluding hydrogens is 341 g/mol. The van der Waals surface area contributed by atoms with Gasteiger partial charge in [-0.1, -0.05) is 34.1 Å². The van der Waals surface area contributed by atoms with Gasteiger partial charge in [-0.3, -0.25) is 10.1 Å². The van der Waals surface area contributed by atoms with Crippen LogP contribution in [-0.4, -0.2) is 4.92 Å². The molecule has 21 heavy (non-hydrogen) atoms. The Labute approximate surface area is 129 Å². The predicted molar refractivity (Wildman–Crippen MR) is 81.2 cm³/mol. The Hall–Kier alpha value is -1.95. The summed E-state index contributed by atoms with van der Waals surface area (Å²) >= 11 is 3.25. The zero-order valence-electron chi connectivity index (χ0n) is 11.3. The number of halogens is 2. The van der Waals surface area contributed by atoms with Crippen molar-refractivity contribution in [2.45, 2.75) is 18.9 Å². The average Bonchev–Trinajstić information content (AvgIpc) is 2.46. The molecule has 110 valence electrons. The first-order valence-electron chi connectivity index (χ1n) is 6.23. The van der Waals surface area contributed by atoms with E-state index in [0.29, 0.717) is 16.5 Å². The Bertz CT molecular complexity index is 676. The van der Waals surface area contributed by atoms with Crippen molar-refractivity contribution in [3.63, 3.8) is 0 Å². The minimum absolute atomic E-state index is 0.0335. The van der Waals surface area contributed by atoms with Crippen LogP contribution in [0.1, 0.15) is 16.7 Å². The normalized spacial score (nSPS) is 10.4. The summed E-state index contributed by atoms with van der Waals surface area (Å²) in [5, 5.41) is 11.4. The van der Waals surface area contributed by atoms with Gasteiger partial charge in [0.05, 0.1) is 4.92 Å². The molecule has 0 amide bonds. The van der Waals surface area contributed by atoms with Crippen molar-refractivity contribution in [2.75, 3.05) is 0 Å². The largest absolute Gasteiger partial charge is 0.486 e. The quantitative estimate of drug-likeness (QED) is 0.451. The summed E-state index contributed by atoms with van der Waals surface area (Å²) in [6.07, 6.45) is 0. The van der Waals surface area contributed by atoms with Crippen molar-refractivity contribution in [3.8, 4) is 5.75 Å². The van der Waals surface area contributed by atoms with Crippen LogP contribution in [0.3, 0.4) is 0 Å². The van der Waals surface area contributed by atoms with Crippen LogP contribution in [0.5, 0.6) is 5.75 Å². The number of ether oxygens (including phenoxy) is 1. The highest BCUT2D eigenvalue weighted by Gasteiger charge is 2.14. The van der Waals surface area contributed by atoms with Crippen molar-refractivity contribution < 1.29 is 14.1 Å². The smallest absolute Gasteiger partial charge is 0.272 e. The maximum Gasteiger partial charge on any atom is 0.272 e. The van der Waals surface area contributed by atoms with Gasteiger partial charge in [-0.25, -0.2) is 4.39 Å². The van der Waals surface area contributed by atoms with E-state index in [0.717, 1.165) is 5.56 Å². The monoisotopic (exact) mass is 353 g/mol. The molecule has 0 saturated carbocycles. The van der Waals surface area contributed by atoms with Crippen LogP contribution in [0.2, 0.25) is 0 Å². The molecule has 0 aliphatic rings. The van der Waals surface area contributed by atoms with E-state index < -0.39 is 10.7 Å². The molecule has 0 aliphatic heterocycles. The molecule has 0 unspecified atom stereocenters. The third-order valence-corrected chi connectivity index (χ3v) is 3.80. The first-order valence-corrected chi connectivity index (χ1v) is 7.35. The van der Waals surface area contributed by atoms with Crippen molar-refractivity contribution in [1.29, 1.82) is 0 Å². The fourth-order valence-electron chi connectivity index (χ4n) is 1.92. The number of rotatable bonds is 5. The fourth-order valence-corrected chi connectivity index (χ4v) is 2.27. The lowest BCUT2D eigenvalue weighted by Gasteiger charge is -2.10. The van der Waals surface area contributed by atoms with Gasteiger partial charge in [0.25, 0.3) is 5.69 Å². The van der Waals surface area contributed by atoms with Crippen LogP contribution < -0.4 is 4.74 Å². The van der Waals surface area contributed by atoms with Gasteiger partial charge < -0.3 is 4.74 Å². The van der Waals surface area contributed by atoms with Crippen LogP contribution in [0.25, 0.3) is 0 Å². The minimum Gasteiger partial charge on any atom is -0.486 e. The number of nitro benzene ring substituents is 1. The maximum atomic E-state index is 13.8. The Balaban J connectivity index is 2.17. The highest BCUT2D eigenvalue weighted by Crippen LogP contribution is 2.24. The molecule has 0 aromatic heterocycles. The van der Waals surface area contributed by atoms with E-state index in [4.69, 9.17) is 4.74 Å². The Morgan fingerprint density at radius 1 is 1.33 bits per heavy atom. The molecule has 0 N–H and O–H groups in total. The summed E-state index contributed by atoms with van der Waals surface area (Å²) in [4.78, 5) is 10.4. The molecular formula is C15H13BrFNO3. The summed E-state index contributed by atoms with van der Waals surface area (Å²) in [5.41, 5.74) is 2.03. The summed E-state index contributed by atoms with van der Waals surface area (Å²) in [6.45, 7) is 1.74. The second kappa shape index (κ2) is 6.67. The molecule has 0 fully saturated rings. The number of hydrogen-bond donors (Lipinski definition) is 0. The second-order valence-electron chi connectivity index (χ2n) is 4.51. The molecule has 2 aromatic carbocycles. The van der Waals surface area contributed by atoms with Gasteiger partial charge in [0.15, 0.2) is 11.6 Å². The van der Waals surface area contributed by atoms with Crippen molar-refractivity contribution in [3.05, 3.63) is 69.0 Å². The molecule has 2 aromatic rings. The minimum atomic E-state index is -0.449. The molecule has 0 radical (unpaired) electrons. The molecule has 0 aliphatic carbocycles. The molecule has 2 rings (SSSR count). The van der Waals surface area contributed by atoms with Gasteiger partial charge in [0.2, 0.25) is 0 Å². The molecule has 0 saturated heterocycles. The van der Waals surface area contributed by atoms with Crippen LogP contribution in [0.4, 0.5) is 10.1 Å². The lowest BCUT2D eigenvalue weighted by molar-refractivity contribution is -0.385. The number of nitro groups is 1. The number of nitrogens with zero attached hydrogens (tertiary/aromatic N) is 1. The summed E-state index contributed by atoms with van der Waals surface area (Å²) in [7, 11) is 0. The van der Waals surface area contributed by atoms with E-state index in [1.807, 2.05) is 0 Å². The van der Waals surface area contributed by atoms with Gasteiger partial charge in [0, 0.05) is 17.0 Å². The lowest BCUT2D eigenvalue weighted by atomic mass is 10.1. The summed E-state index contributed by atoms with van der Waals surface area (Å²) in [6, 6.07) is 9.46. The molecule has 4 nitrogen and oxygen atoms in total. The van der Waals surface area contributed by atoms with Gasteiger partial charge in [-0.2, -0.15) is 0 Å². The topological polar surface area (TPSA) is 52.4 Å². The summed E-state index contributed by atoms with van der Waals surface area (Å²) in [5.74, 6) is -0.319. The maximum absolute atomic E-state index is 13.8. The van der Waals surface area contributed by atoms with Crippen LogP contribution in [0, 0.1) is 22.9 Å². The van der Waals surface area contributed by atoms with Crippen molar-refractivity contribution in [1.82, 2.24) is 0 Å². The number of alkyl halides is 1. The van der Waals surface area contributed by atoms with E-state index in [1.54, 1.807) is 31.2 Å². The van der Waals surface area contributed by atoms with Crippen LogP contribution >= 0.6 is 15.9 Å². The molecule has 6 heteroatoms. The zero-order chi connectivity index (χ0) is 15.4. The highest BCUT2D eigenvalue weighted by molar-refractivity contribution is 9.08. The lowest BCUT2D eigenvalue weighted by Crippen LogP contribution is -2.02. The van der Waals surface area contributed by atoms with E-state index >= 15 is 0 Å². The van der Waals surface area contributed by atoms with Gasteiger partial charge >= 0.3 is 0 Å². The van der Waals surface area contributed by atoms with E-state index in [1.165, 1.54) is 12.1 Å². The molecule has 0 spiro atoms.